The van der Waals surface area contributed by atoms with E-state index in [2.05, 4.69) is 11.0 Å². The summed E-state index contributed by atoms with van der Waals surface area (Å²) in [5, 5.41) is 19.4. The second-order valence-electron chi connectivity index (χ2n) is 5.93. The summed E-state index contributed by atoms with van der Waals surface area (Å²) in [5.41, 5.74) is 0.948. The van der Waals surface area contributed by atoms with Gasteiger partial charge in [-0.15, -0.1) is 0 Å². The predicted molar refractivity (Wildman–Crippen MR) is 77.4 cm³/mol. The Morgan fingerprint density at radius 3 is 2.85 bits per heavy atom. The van der Waals surface area contributed by atoms with Crippen LogP contribution in [-0.2, 0) is 6.54 Å². The van der Waals surface area contributed by atoms with Gasteiger partial charge in [0, 0.05) is 12.6 Å². The Kier molecular flexibility index (Phi) is 4.32. The maximum atomic E-state index is 10.2. The molecule has 4 heteroatoms. The Morgan fingerprint density at radius 1 is 1.50 bits per heavy atom. The molecule has 1 saturated heterocycles. The number of benzene rings is 1. The Hall–Kier alpha value is -1.57. The van der Waals surface area contributed by atoms with Crippen LogP contribution in [0, 0.1) is 11.3 Å². The highest BCUT2D eigenvalue weighted by Gasteiger charge is 2.35. The lowest BCUT2D eigenvalue weighted by Crippen LogP contribution is -2.45. The first-order valence-electron chi connectivity index (χ1n) is 6.99. The van der Waals surface area contributed by atoms with Crippen molar-refractivity contribution in [1.29, 1.82) is 5.26 Å². The zero-order chi connectivity index (χ0) is 14.8. The van der Waals surface area contributed by atoms with E-state index in [1.54, 1.807) is 7.11 Å². The van der Waals surface area contributed by atoms with Crippen LogP contribution in [0.15, 0.2) is 18.2 Å². The molecule has 1 aliphatic rings. The third-order valence-electron chi connectivity index (χ3n) is 3.95. The van der Waals surface area contributed by atoms with Crippen LogP contribution in [0.25, 0.3) is 0 Å². The maximum Gasteiger partial charge on any atom is 0.136 e. The standard InChI is InChI=1S/C16H22N2O2/c1-16(2,19)15-5-4-8-18(15)11-12-6-7-14(20-3)13(9-12)10-17/h6-7,9,15,19H,4-5,8,11H2,1-3H3. The van der Waals surface area contributed by atoms with E-state index in [0.717, 1.165) is 31.5 Å². The van der Waals surface area contributed by atoms with E-state index in [1.807, 2.05) is 32.0 Å². The summed E-state index contributed by atoms with van der Waals surface area (Å²) in [4.78, 5) is 2.29. The number of ether oxygens (including phenoxy) is 1. The number of rotatable bonds is 4. The molecule has 0 radical (unpaired) electrons. The predicted octanol–water partition coefficient (Wildman–Crippen LogP) is 2.30. The number of nitrogens with zero attached hydrogens (tertiary/aromatic N) is 2. The number of aliphatic hydroxyl groups is 1. The summed E-state index contributed by atoms with van der Waals surface area (Å²) in [6.07, 6.45) is 2.13. The molecule has 1 fully saturated rings. The summed E-state index contributed by atoms with van der Waals surface area (Å²) in [6.45, 7) is 5.48. The zero-order valence-electron chi connectivity index (χ0n) is 12.4. The van der Waals surface area contributed by atoms with Gasteiger partial charge in [-0.1, -0.05) is 6.07 Å². The highest BCUT2D eigenvalue weighted by atomic mass is 16.5. The van der Waals surface area contributed by atoms with Crippen molar-refractivity contribution in [3.05, 3.63) is 29.3 Å². The number of nitriles is 1. The van der Waals surface area contributed by atoms with Crippen molar-refractivity contribution in [1.82, 2.24) is 4.90 Å². The quantitative estimate of drug-likeness (QED) is 0.915. The topological polar surface area (TPSA) is 56.5 Å². The van der Waals surface area contributed by atoms with Crippen molar-refractivity contribution in [3.8, 4) is 11.8 Å². The number of methoxy groups -OCH3 is 1. The van der Waals surface area contributed by atoms with Crippen molar-refractivity contribution in [2.45, 2.75) is 44.9 Å². The van der Waals surface area contributed by atoms with Gasteiger partial charge in [0.05, 0.1) is 18.3 Å². The van der Waals surface area contributed by atoms with Gasteiger partial charge in [0.2, 0.25) is 0 Å². The SMILES string of the molecule is COc1ccc(CN2CCCC2C(C)(C)O)cc1C#N. The summed E-state index contributed by atoms with van der Waals surface area (Å²) in [5.74, 6) is 0.608. The van der Waals surface area contributed by atoms with Crippen molar-refractivity contribution < 1.29 is 9.84 Å². The van der Waals surface area contributed by atoms with E-state index in [-0.39, 0.29) is 6.04 Å². The van der Waals surface area contributed by atoms with E-state index in [1.165, 1.54) is 0 Å². The van der Waals surface area contributed by atoms with Gasteiger partial charge in [0.25, 0.3) is 0 Å². The van der Waals surface area contributed by atoms with Crippen LogP contribution in [-0.4, -0.2) is 35.3 Å². The van der Waals surface area contributed by atoms with Crippen molar-refractivity contribution in [2.24, 2.45) is 0 Å². The van der Waals surface area contributed by atoms with Gasteiger partial charge in [-0.05, 0) is 50.9 Å². The molecule has 108 valence electrons. The fourth-order valence-electron chi connectivity index (χ4n) is 2.99. The molecule has 20 heavy (non-hydrogen) atoms. The lowest BCUT2D eigenvalue weighted by Gasteiger charge is -2.33. The van der Waals surface area contributed by atoms with Crippen LogP contribution in [0.4, 0.5) is 0 Å². The Labute approximate surface area is 120 Å². The number of hydrogen-bond donors (Lipinski definition) is 1. The van der Waals surface area contributed by atoms with Gasteiger partial charge in [-0.3, -0.25) is 4.90 Å². The van der Waals surface area contributed by atoms with Crippen molar-refractivity contribution >= 4 is 0 Å². The monoisotopic (exact) mass is 274 g/mol. The van der Waals surface area contributed by atoms with Crippen LogP contribution in [0.1, 0.15) is 37.8 Å². The van der Waals surface area contributed by atoms with E-state index in [4.69, 9.17) is 10.00 Å². The highest BCUT2D eigenvalue weighted by Crippen LogP contribution is 2.29. The van der Waals surface area contributed by atoms with Crippen LogP contribution >= 0.6 is 0 Å². The zero-order valence-corrected chi connectivity index (χ0v) is 12.4. The third-order valence-corrected chi connectivity index (χ3v) is 3.95. The molecule has 1 unspecified atom stereocenters. The lowest BCUT2D eigenvalue weighted by atomic mass is 9.96. The normalized spacial score (nSPS) is 19.9. The minimum Gasteiger partial charge on any atom is -0.495 e. The minimum atomic E-state index is -0.693. The van der Waals surface area contributed by atoms with Gasteiger partial charge >= 0.3 is 0 Å². The van der Waals surface area contributed by atoms with Gasteiger partial charge < -0.3 is 9.84 Å². The summed E-state index contributed by atoms with van der Waals surface area (Å²) in [6, 6.07) is 8.03. The van der Waals surface area contributed by atoms with Gasteiger partial charge in [-0.2, -0.15) is 5.26 Å². The molecule has 1 N–H and O–H groups in total. The van der Waals surface area contributed by atoms with Gasteiger partial charge in [0.15, 0.2) is 0 Å². The van der Waals surface area contributed by atoms with Crippen LogP contribution in [0.5, 0.6) is 5.75 Å². The molecule has 2 rings (SSSR count). The molecule has 0 saturated carbocycles. The summed E-state index contributed by atoms with van der Waals surface area (Å²) >= 11 is 0. The maximum absolute atomic E-state index is 10.2. The molecule has 0 bridgehead atoms. The third kappa shape index (κ3) is 3.12. The Bertz CT molecular complexity index is 514. The van der Waals surface area contributed by atoms with Crippen LogP contribution in [0.3, 0.4) is 0 Å². The molecule has 1 atom stereocenters. The minimum absolute atomic E-state index is 0.176. The lowest BCUT2D eigenvalue weighted by molar-refractivity contribution is -0.00502. The van der Waals surface area contributed by atoms with Gasteiger partial charge in [-0.25, -0.2) is 0 Å². The van der Waals surface area contributed by atoms with E-state index in [0.29, 0.717) is 11.3 Å². The first kappa shape index (κ1) is 14.8. The molecular formula is C16H22N2O2. The van der Waals surface area contributed by atoms with Crippen molar-refractivity contribution in [2.75, 3.05) is 13.7 Å². The first-order valence-corrected chi connectivity index (χ1v) is 6.99. The number of hydrogen-bond acceptors (Lipinski definition) is 4. The summed E-state index contributed by atoms with van der Waals surface area (Å²) < 4.78 is 5.16. The van der Waals surface area contributed by atoms with Crippen molar-refractivity contribution in [3.63, 3.8) is 0 Å². The van der Waals surface area contributed by atoms with Gasteiger partial charge in [0.1, 0.15) is 11.8 Å². The Morgan fingerprint density at radius 2 is 2.25 bits per heavy atom. The molecule has 0 aliphatic carbocycles. The number of likely N-dealkylation sites (tertiary alicyclic amines) is 1. The largest absolute Gasteiger partial charge is 0.495 e. The average Bonchev–Trinajstić information content (AvgIpc) is 2.86. The molecule has 1 aliphatic heterocycles. The summed E-state index contributed by atoms with van der Waals surface area (Å²) in [7, 11) is 1.57. The smallest absolute Gasteiger partial charge is 0.136 e. The fourth-order valence-corrected chi connectivity index (χ4v) is 2.99. The second kappa shape index (κ2) is 5.82. The molecule has 0 aromatic heterocycles. The Balaban J connectivity index is 2.16. The fraction of sp³-hybridized carbons (Fsp3) is 0.562. The van der Waals surface area contributed by atoms with Crippen LogP contribution in [0.2, 0.25) is 0 Å². The average molecular weight is 274 g/mol. The first-order chi connectivity index (χ1) is 9.45. The molecule has 1 aromatic carbocycles. The second-order valence-corrected chi connectivity index (χ2v) is 5.93. The van der Waals surface area contributed by atoms with E-state index in [9.17, 15) is 5.11 Å². The molecule has 1 aromatic rings. The van der Waals surface area contributed by atoms with E-state index < -0.39 is 5.60 Å². The highest BCUT2D eigenvalue weighted by molar-refractivity contribution is 5.45. The van der Waals surface area contributed by atoms with Crippen LogP contribution < -0.4 is 4.74 Å². The molecule has 0 spiro atoms. The molecule has 0 amide bonds. The van der Waals surface area contributed by atoms with E-state index >= 15 is 0 Å². The molecule has 1 heterocycles. The molecular weight excluding hydrogens is 252 g/mol. The molecule has 4 nitrogen and oxygen atoms in total.